The molecule has 0 bridgehead atoms. The van der Waals surface area contributed by atoms with Crippen LogP contribution in [-0.2, 0) is 32.1 Å². The SMILES string of the molecule is CC(C)C(C(=O)OCc1ccc([N+](=O)[O-])cc1)N1C(=O)C(NC(=O)Cc2ccccc2)C1S. The van der Waals surface area contributed by atoms with Crippen molar-refractivity contribution in [1.82, 2.24) is 10.2 Å². The van der Waals surface area contributed by atoms with Gasteiger partial charge in [-0.2, -0.15) is 12.6 Å². The van der Waals surface area contributed by atoms with Crippen molar-refractivity contribution in [2.75, 3.05) is 0 Å². The number of carbonyl (C=O) groups excluding carboxylic acids is 3. The molecule has 0 aromatic heterocycles. The maximum Gasteiger partial charge on any atom is 0.329 e. The Bertz CT molecular complexity index is 1030. The number of esters is 1. The monoisotopic (exact) mass is 471 g/mol. The Balaban J connectivity index is 1.58. The van der Waals surface area contributed by atoms with E-state index in [4.69, 9.17) is 4.74 Å². The van der Waals surface area contributed by atoms with Crippen molar-refractivity contribution in [1.29, 1.82) is 0 Å². The zero-order chi connectivity index (χ0) is 24.1. The molecule has 1 saturated heterocycles. The average Bonchev–Trinajstić information content (AvgIpc) is 2.79. The molecule has 33 heavy (non-hydrogen) atoms. The summed E-state index contributed by atoms with van der Waals surface area (Å²) in [5.41, 5.74) is 1.35. The number of amides is 2. The summed E-state index contributed by atoms with van der Waals surface area (Å²) in [6.45, 7) is 3.48. The van der Waals surface area contributed by atoms with Gasteiger partial charge in [-0.25, -0.2) is 4.79 Å². The lowest BCUT2D eigenvalue weighted by molar-refractivity contribution is -0.384. The number of hydrogen-bond donors (Lipinski definition) is 2. The fourth-order valence-corrected chi connectivity index (χ4v) is 4.06. The van der Waals surface area contributed by atoms with Crippen molar-refractivity contribution >= 4 is 36.1 Å². The van der Waals surface area contributed by atoms with Gasteiger partial charge < -0.3 is 15.0 Å². The van der Waals surface area contributed by atoms with E-state index in [1.165, 1.54) is 29.2 Å². The van der Waals surface area contributed by atoms with Gasteiger partial charge in [0.25, 0.3) is 5.69 Å². The number of nitro groups is 1. The fourth-order valence-electron chi connectivity index (χ4n) is 3.60. The van der Waals surface area contributed by atoms with Gasteiger partial charge in [-0.05, 0) is 29.2 Å². The van der Waals surface area contributed by atoms with Crippen LogP contribution in [0.3, 0.4) is 0 Å². The van der Waals surface area contributed by atoms with Crippen LogP contribution in [0.2, 0.25) is 0 Å². The van der Waals surface area contributed by atoms with Gasteiger partial charge in [0.2, 0.25) is 11.8 Å². The molecule has 2 aromatic rings. The third-order valence-corrected chi connectivity index (χ3v) is 5.88. The quantitative estimate of drug-likeness (QED) is 0.191. The number of rotatable bonds is 9. The van der Waals surface area contributed by atoms with Gasteiger partial charge in [-0.15, -0.1) is 0 Å². The highest BCUT2D eigenvalue weighted by Crippen LogP contribution is 2.30. The third kappa shape index (κ3) is 5.70. The second kappa shape index (κ2) is 10.5. The zero-order valence-corrected chi connectivity index (χ0v) is 19.1. The Morgan fingerprint density at radius 1 is 1.12 bits per heavy atom. The van der Waals surface area contributed by atoms with Gasteiger partial charge in [-0.3, -0.25) is 19.7 Å². The normalized spacial score (nSPS) is 18.4. The van der Waals surface area contributed by atoms with E-state index in [-0.39, 0.29) is 30.5 Å². The molecule has 1 aliphatic heterocycles. The number of likely N-dealkylation sites (tertiary alicyclic amines) is 1. The molecule has 1 fully saturated rings. The lowest BCUT2D eigenvalue weighted by Gasteiger charge is -2.48. The molecule has 1 N–H and O–H groups in total. The Hall–Kier alpha value is -3.40. The predicted octanol–water partition coefficient (Wildman–Crippen LogP) is 2.49. The summed E-state index contributed by atoms with van der Waals surface area (Å²) in [5, 5.41) is 12.8. The molecule has 3 atom stereocenters. The number of ether oxygens (including phenoxy) is 1. The largest absolute Gasteiger partial charge is 0.459 e. The van der Waals surface area contributed by atoms with Crippen LogP contribution in [0.15, 0.2) is 54.6 Å². The summed E-state index contributed by atoms with van der Waals surface area (Å²) < 4.78 is 5.38. The lowest BCUT2D eigenvalue weighted by atomic mass is 9.95. The van der Waals surface area contributed by atoms with Crippen molar-refractivity contribution in [3.63, 3.8) is 0 Å². The number of non-ortho nitro benzene ring substituents is 1. The van der Waals surface area contributed by atoms with Crippen molar-refractivity contribution < 1.29 is 24.0 Å². The minimum atomic E-state index is -0.875. The fraction of sp³-hybridized carbons (Fsp3) is 0.348. The molecule has 1 aliphatic rings. The summed E-state index contributed by atoms with van der Waals surface area (Å²) in [6, 6.07) is 13.1. The van der Waals surface area contributed by atoms with E-state index < -0.39 is 34.3 Å². The molecule has 0 saturated carbocycles. The molecule has 10 heteroatoms. The molecule has 3 rings (SSSR count). The first kappa shape index (κ1) is 24.2. The first-order valence-corrected chi connectivity index (χ1v) is 10.9. The van der Waals surface area contributed by atoms with Crippen LogP contribution < -0.4 is 5.32 Å². The van der Waals surface area contributed by atoms with E-state index in [0.29, 0.717) is 5.56 Å². The Kier molecular flexibility index (Phi) is 7.70. The Labute approximate surface area is 196 Å². The van der Waals surface area contributed by atoms with E-state index in [2.05, 4.69) is 17.9 Å². The van der Waals surface area contributed by atoms with Gasteiger partial charge in [0.15, 0.2) is 0 Å². The van der Waals surface area contributed by atoms with Crippen molar-refractivity contribution in [2.24, 2.45) is 5.92 Å². The van der Waals surface area contributed by atoms with Crippen LogP contribution in [0.1, 0.15) is 25.0 Å². The molecule has 2 aromatic carbocycles. The van der Waals surface area contributed by atoms with Crippen molar-refractivity contribution in [3.8, 4) is 0 Å². The summed E-state index contributed by atoms with van der Waals surface area (Å²) in [5.74, 6) is -1.57. The molecule has 9 nitrogen and oxygen atoms in total. The molecule has 174 valence electrons. The van der Waals surface area contributed by atoms with Crippen LogP contribution in [0.4, 0.5) is 5.69 Å². The molecule has 0 aliphatic carbocycles. The maximum absolute atomic E-state index is 12.8. The number of nitrogens with one attached hydrogen (secondary N) is 1. The number of nitro benzene ring substituents is 1. The highest BCUT2D eigenvalue weighted by Gasteiger charge is 2.52. The molecular formula is C23H25N3O6S. The topological polar surface area (TPSA) is 119 Å². The number of nitrogens with zero attached hydrogens (tertiary/aromatic N) is 2. The number of thiol groups is 1. The second-order valence-electron chi connectivity index (χ2n) is 8.09. The first-order chi connectivity index (χ1) is 15.7. The zero-order valence-electron chi connectivity index (χ0n) is 18.2. The van der Waals surface area contributed by atoms with Crippen LogP contribution >= 0.6 is 12.6 Å². The van der Waals surface area contributed by atoms with Crippen LogP contribution in [0.5, 0.6) is 0 Å². The first-order valence-electron chi connectivity index (χ1n) is 10.4. The van der Waals surface area contributed by atoms with Crippen LogP contribution in [-0.4, -0.2) is 45.1 Å². The van der Waals surface area contributed by atoms with E-state index >= 15 is 0 Å². The second-order valence-corrected chi connectivity index (χ2v) is 8.62. The van der Waals surface area contributed by atoms with Gasteiger partial charge in [-0.1, -0.05) is 44.2 Å². The molecule has 0 radical (unpaired) electrons. The van der Waals surface area contributed by atoms with Gasteiger partial charge in [0, 0.05) is 12.1 Å². The lowest BCUT2D eigenvalue weighted by Crippen LogP contribution is -2.73. The third-order valence-electron chi connectivity index (χ3n) is 5.33. The summed E-state index contributed by atoms with van der Waals surface area (Å²) >= 11 is 4.45. The van der Waals surface area contributed by atoms with Crippen molar-refractivity contribution in [2.45, 2.75) is 44.3 Å². The van der Waals surface area contributed by atoms with Crippen LogP contribution in [0, 0.1) is 16.0 Å². The van der Waals surface area contributed by atoms with Gasteiger partial charge in [0.05, 0.1) is 11.3 Å². The number of β-lactam (4-membered cyclic amide) rings is 1. The molecule has 2 amide bonds. The minimum absolute atomic E-state index is 0.0606. The Morgan fingerprint density at radius 2 is 1.76 bits per heavy atom. The van der Waals surface area contributed by atoms with E-state index in [1.54, 1.807) is 13.8 Å². The van der Waals surface area contributed by atoms with Crippen molar-refractivity contribution in [3.05, 3.63) is 75.8 Å². The number of carbonyl (C=O) groups is 3. The molecular weight excluding hydrogens is 446 g/mol. The Morgan fingerprint density at radius 3 is 2.30 bits per heavy atom. The predicted molar refractivity (Wildman–Crippen MR) is 123 cm³/mol. The van der Waals surface area contributed by atoms with E-state index in [0.717, 1.165) is 5.56 Å². The molecule has 0 spiro atoms. The average molecular weight is 472 g/mol. The highest BCUT2D eigenvalue weighted by atomic mass is 32.1. The summed E-state index contributed by atoms with van der Waals surface area (Å²) in [6.07, 6.45) is 0.135. The van der Waals surface area contributed by atoms with Gasteiger partial charge >= 0.3 is 5.97 Å². The van der Waals surface area contributed by atoms with Gasteiger partial charge in [0.1, 0.15) is 24.1 Å². The molecule has 1 heterocycles. The maximum atomic E-state index is 12.8. The standard InChI is InChI=1S/C23H25N3O6S/c1-14(2)20(23(29)32-13-16-8-10-17(11-9-16)26(30)31)25-21(28)19(22(25)33)24-18(27)12-15-6-4-3-5-7-15/h3-11,14,19-20,22,33H,12-13H2,1-2H3,(H,24,27). The smallest absolute Gasteiger partial charge is 0.329 e. The van der Waals surface area contributed by atoms with Crippen LogP contribution in [0.25, 0.3) is 0 Å². The minimum Gasteiger partial charge on any atom is -0.459 e. The number of benzene rings is 2. The number of hydrogen-bond acceptors (Lipinski definition) is 7. The summed E-state index contributed by atoms with van der Waals surface area (Å²) in [7, 11) is 0. The summed E-state index contributed by atoms with van der Waals surface area (Å²) in [4.78, 5) is 49.4. The highest BCUT2D eigenvalue weighted by molar-refractivity contribution is 7.81. The molecule has 3 unspecified atom stereocenters. The van der Waals surface area contributed by atoms with E-state index in [9.17, 15) is 24.5 Å². The van der Waals surface area contributed by atoms with E-state index in [1.807, 2.05) is 30.3 Å².